The summed E-state index contributed by atoms with van der Waals surface area (Å²) in [6.07, 6.45) is 15.3. The van der Waals surface area contributed by atoms with Gasteiger partial charge >= 0.3 is 0 Å². The Bertz CT molecular complexity index is 703. The Morgan fingerprint density at radius 1 is 1.00 bits per heavy atom. The quantitative estimate of drug-likeness (QED) is 0.561. The Morgan fingerprint density at radius 3 is 2.48 bits per heavy atom. The second kappa shape index (κ2) is 7.66. The van der Waals surface area contributed by atoms with Crippen molar-refractivity contribution in [1.82, 2.24) is 0 Å². The summed E-state index contributed by atoms with van der Waals surface area (Å²) in [7, 11) is 0. The lowest BCUT2D eigenvalue weighted by molar-refractivity contribution is -0.117. The van der Waals surface area contributed by atoms with Crippen LogP contribution >= 0.6 is 0 Å². The Balaban J connectivity index is 1.55. The summed E-state index contributed by atoms with van der Waals surface area (Å²) in [6, 6.07) is 0. The Hall–Kier alpha value is -0.890. The van der Waals surface area contributed by atoms with Crippen molar-refractivity contribution in [1.29, 1.82) is 0 Å². The van der Waals surface area contributed by atoms with Crippen LogP contribution in [0.1, 0.15) is 86.0 Å². The molecular weight excluding hydrogens is 356 g/mol. The van der Waals surface area contributed by atoms with Crippen molar-refractivity contribution in [2.75, 3.05) is 0 Å². The minimum Gasteiger partial charge on any atom is -0.389 e. The largest absolute Gasteiger partial charge is 0.389 e. The maximum absolute atomic E-state index is 12.0. The summed E-state index contributed by atoms with van der Waals surface area (Å²) in [5.41, 5.74) is 2.10. The molecule has 0 aliphatic heterocycles. The smallest absolute Gasteiger partial charge is 0.155 e. The van der Waals surface area contributed by atoms with E-state index < -0.39 is 0 Å². The van der Waals surface area contributed by atoms with Gasteiger partial charge in [-0.25, -0.2) is 0 Å². The van der Waals surface area contributed by atoms with E-state index in [-0.39, 0.29) is 11.5 Å². The van der Waals surface area contributed by atoms with E-state index in [2.05, 4.69) is 46.8 Å². The normalized spacial score (nSPS) is 44.2. The minimum absolute atomic E-state index is 0.265. The van der Waals surface area contributed by atoms with Crippen LogP contribution in [0, 0.1) is 46.3 Å². The van der Waals surface area contributed by atoms with Crippen LogP contribution < -0.4 is 0 Å². The third-order valence-electron chi connectivity index (χ3n) is 9.90. The van der Waals surface area contributed by atoms with Crippen molar-refractivity contribution in [2.45, 2.75) is 92.1 Å². The molecule has 4 aliphatic rings. The number of carbonyl (C=O) groups is 1. The second-order valence-corrected chi connectivity index (χ2v) is 11.7. The molecule has 0 aromatic carbocycles. The molecule has 2 heteroatoms. The zero-order chi connectivity index (χ0) is 21.0. The minimum atomic E-state index is -0.321. The van der Waals surface area contributed by atoms with Gasteiger partial charge in [0.05, 0.1) is 6.10 Å². The van der Waals surface area contributed by atoms with Gasteiger partial charge in [-0.3, -0.25) is 4.79 Å². The molecule has 0 bridgehead atoms. The van der Waals surface area contributed by atoms with Gasteiger partial charge < -0.3 is 5.11 Å². The summed E-state index contributed by atoms with van der Waals surface area (Å²) in [5, 5.41) is 10.9. The topological polar surface area (TPSA) is 37.3 Å². The first-order valence-corrected chi connectivity index (χ1v) is 12.3. The van der Waals surface area contributed by atoms with E-state index in [1.54, 1.807) is 0 Å². The van der Waals surface area contributed by atoms with E-state index in [9.17, 15) is 9.90 Å². The zero-order valence-corrected chi connectivity index (χ0v) is 19.3. The Labute approximate surface area is 178 Å². The lowest BCUT2D eigenvalue weighted by Gasteiger charge is -2.58. The van der Waals surface area contributed by atoms with E-state index >= 15 is 0 Å². The number of hydrogen-bond acceptors (Lipinski definition) is 2. The number of ketones is 1. The fraction of sp³-hybridized carbons (Fsp3) is 0.815. The van der Waals surface area contributed by atoms with E-state index in [0.717, 1.165) is 37.0 Å². The van der Waals surface area contributed by atoms with Crippen molar-refractivity contribution in [3.05, 3.63) is 23.8 Å². The van der Waals surface area contributed by atoms with E-state index in [1.807, 2.05) is 6.08 Å². The van der Waals surface area contributed by atoms with Crippen molar-refractivity contribution >= 4 is 5.78 Å². The summed E-state index contributed by atoms with van der Waals surface area (Å²) in [6.45, 7) is 11.7. The number of hydrogen-bond donors (Lipinski definition) is 1. The maximum atomic E-state index is 12.0. The Morgan fingerprint density at radius 2 is 1.76 bits per heavy atom. The monoisotopic (exact) mass is 398 g/mol. The van der Waals surface area contributed by atoms with E-state index in [1.165, 1.54) is 37.7 Å². The van der Waals surface area contributed by atoms with Crippen LogP contribution in [-0.4, -0.2) is 17.0 Å². The van der Waals surface area contributed by atoms with Crippen molar-refractivity contribution in [3.8, 4) is 0 Å². The average molecular weight is 399 g/mol. The number of rotatable bonds is 4. The predicted octanol–water partition coefficient (Wildman–Crippen LogP) is 6.34. The van der Waals surface area contributed by atoms with Gasteiger partial charge in [0.1, 0.15) is 0 Å². The van der Waals surface area contributed by atoms with Gasteiger partial charge in [0, 0.05) is 6.42 Å². The SMILES string of the molecule is CC(C)/C=C\[C@H](O)[C@@H](C)[C@H]1CC[C@H]2[C@@H]3CCC4=CC(=O)CC[C@]4(C)[C@H]3CC[C@]12C. The molecule has 0 unspecified atom stereocenters. The molecule has 3 saturated carbocycles. The van der Waals surface area contributed by atoms with Crippen LogP contribution in [0.25, 0.3) is 0 Å². The van der Waals surface area contributed by atoms with Crippen molar-refractivity contribution in [2.24, 2.45) is 46.3 Å². The van der Waals surface area contributed by atoms with Crippen LogP contribution in [0.3, 0.4) is 0 Å². The lowest BCUT2D eigenvalue weighted by atomic mass is 9.46. The first-order valence-electron chi connectivity index (χ1n) is 12.3. The van der Waals surface area contributed by atoms with Crippen LogP contribution in [-0.2, 0) is 4.79 Å². The molecule has 4 aliphatic carbocycles. The van der Waals surface area contributed by atoms with Crippen LogP contribution in [0.5, 0.6) is 0 Å². The molecule has 0 spiro atoms. The number of fused-ring (bicyclic) bond motifs is 5. The van der Waals surface area contributed by atoms with Gasteiger partial charge in [-0.05, 0) is 97.4 Å². The molecule has 0 aromatic heterocycles. The molecule has 8 atom stereocenters. The van der Waals surface area contributed by atoms with E-state index in [0.29, 0.717) is 29.0 Å². The van der Waals surface area contributed by atoms with Crippen molar-refractivity contribution in [3.63, 3.8) is 0 Å². The number of carbonyl (C=O) groups excluding carboxylic acids is 1. The molecule has 2 nitrogen and oxygen atoms in total. The molecule has 0 amide bonds. The molecule has 3 fully saturated rings. The summed E-state index contributed by atoms with van der Waals surface area (Å²) in [5.74, 6) is 4.17. The standard InChI is InChI=1S/C27H42O2/c1-17(2)6-11-25(29)18(3)22-9-10-23-21-8-7-19-16-20(28)12-14-26(19,4)24(21)13-15-27(22,23)5/h6,11,16-18,21-25,29H,7-10,12-15H2,1-5H3/b11-6-/t18-,21-,22+,23-,24-,25-,26-,27+/m0/s1. The van der Waals surface area contributed by atoms with Gasteiger partial charge in [0.2, 0.25) is 0 Å². The molecule has 0 aromatic rings. The first kappa shape index (κ1) is 21.3. The highest BCUT2D eigenvalue weighted by molar-refractivity contribution is 5.91. The zero-order valence-electron chi connectivity index (χ0n) is 19.3. The molecule has 4 rings (SSSR count). The predicted molar refractivity (Wildman–Crippen MR) is 119 cm³/mol. The van der Waals surface area contributed by atoms with Crippen LogP contribution in [0.15, 0.2) is 23.8 Å². The molecule has 0 heterocycles. The third kappa shape index (κ3) is 3.48. The third-order valence-corrected chi connectivity index (χ3v) is 9.90. The van der Waals surface area contributed by atoms with Gasteiger partial charge in [-0.15, -0.1) is 0 Å². The van der Waals surface area contributed by atoms with Gasteiger partial charge in [0.15, 0.2) is 5.78 Å². The highest BCUT2D eigenvalue weighted by Gasteiger charge is 2.59. The van der Waals surface area contributed by atoms with Crippen LogP contribution in [0.4, 0.5) is 0 Å². The molecule has 1 N–H and O–H groups in total. The van der Waals surface area contributed by atoms with Crippen LogP contribution in [0.2, 0.25) is 0 Å². The summed E-state index contributed by atoms with van der Waals surface area (Å²) < 4.78 is 0. The summed E-state index contributed by atoms with van der Waals surface area (Å²) >= 11 is 0. The van der Waals surface area contributed by atoms with E-state index in [4.69, 9.17) is 0 Å². The van der Waals surface area contributed by atoms with Gasteiger partial charge in [-0.1, -0.05) is 52.3 Å². The molecule has 0 saturated heterocycles. The highest BCUT2D eigenvalue weighted by atomic mass is 16.3. The number of aliphatic hydroxyl groups is 1. The average Bonchev–Trinajstić information content (AvgIpc) is 3.03. The fourth-order valence-corrected chi connectivity index (χ4v) is 8.21. The van der Waals surface area contributed by atoms with Gasteiger partial charge in [0.25, 0.3) is 0 Å². The first-order chi connectivity index (χ1) is 13.7. The fourth-order valence-electron chi connectivity index (χ4n) is 8.21. The molecule has 29 heavy (non-hydrogen) atoms. The van der Waals surface area contributed by atoms with Crippen molar-refractivity contribution < 1.29 is 9.90 Å². The summed E-state index contributed by atoms with van der Waals surface area (Å²) in [4.78, 5) is 12.0. The lowest BCUT2D eigenvalue weighted by Crippen LogP contribution is -2.51. The highest BCUT2D eigenvalue weighted by Crippen LogP contribution is 2.67. The molecule has 162 valence electrons. The number of aliphatic hydroxyl groups excluding tert-OH is 1. The maximum Gasteiger partial charge on any atom is 0.155 e. The Kier molecular flexibility index (Phi) is 5.64. The molecular formula is C27H42O2. The molecule has 0 radical (unpaired) electrons. The number of allylic oxidation sites excluding steroid dienone is 2. The van der Waals surface area contributed by atoms with Gasteiger partial charge in [-0.2, -0.15) is 0 Å². The second-order valence-electron chi connectivity index (χ2n) is 11.7.